The van der Waals surface area contributed by atoms with E-state index in [-0.39, 0.29) is 30.6 Å². The minimum absolute atomic E-state index is 0.0884. The van der Waals surface area contributed by atoms with Crippen LogP contribution in [-0.2, 0) is 51.5 Å². The summed E-state index contributed by atoms with van der Waals surface area (Å²) >= 11 is 1.58. The second-order valence-corrected chi connectivity index (χ2v) is 12.8. The molecule has 0 aliphatic carbocycles. The number of aliphatic carboxylic acids is 1. The van der Waals surface area contributed by atoms with Crippen molar-refractivity contribution >= 4 is 40.9 Å². The monoisotopic (exact) mass is 738 g/mol. The summed E-state index contributed by atoms with van der Waals surface area (Å²) in [5, 5.41) is 17.7. The van der Waals surface area contributed by atoms with Gasteiger partial charge in [-0.2, -0.15) is 13.2 Å². The first-order valence-corrected chi connectivity index (χ1v) is 16.9. The number of carboxylic acids is 1. The van der Waals surface area contributed by atoms with E-state index in [1.54, 1.807) is 47.4 Å². The number of benzene rings is 3. The highest BCUT2D eigenvalue weighted by Gasteiger charge is 2.38. The van der Waals surface area contributed by atoms with E-state index in [0.29, 0.717) is 49.6 Å². The SMILES string of the molecule is CCOC(=O)Cc1cc2c(s1)CCN(C(=O)[C@H](Cc1ccc(OCc3ccccc3)cc1)NC(=O)c1ccc(C(=N)N)cc1)C2.O=C(O)C(F)(F)F. The van der Waals surface area contributed by atoms with Crippen LogP contribution in [-0.4, -0.2) is 65.0 Å². The van der Waals surface area contributed by atoms with Gasteiger partial charge in [0, 0.05) is 40.4 Å². The number of amides is 2. The number of alkyl halides is 3. The number of halogens is 3. The number of carbonyl (C=O) groups excluding carboxylic acids is 3. The van der Waals surface area contributed by atoms with Crippen molar-refractivity contribution in [1.29, 1.82) is 5.41 Å². The predicted molar refractivity (Wildman–Crippen MR) is 187 cm³/mol. The molecule has 0 saturated carbocycles. The van der Waals surface area contributed by atoms with Gasteiger partial charge < -0.3 is 30.5 Å². The van der Waals surface area contributed by atoms with Crippen LogP contribution in [0.2, 0.25) is 0 Å². The summed E-state index contributed by atoms with van der Waals surface area (Å²) in [4.78, 5) is 52.1. The van der Waals surface area contributed by atoms with Gasteiger partial charge in [0.2, 0.25) is 5.91 Å². The summed E-state index contributed by atoms with van der Waals surface area (Å²) in [5.74, 6) is -2.98. The van der Waals surface area contributed by atoms with Crippen LogP contribution in [0.15, 0.2) is 84.9 Å². The zero-order chi connectivity index (χ0) is 37.8. The molecule has 0 spiro atoms. The van der Waals surface area contributed by atoms with E-state index in [0.717, 1.165) is 26.4 Å². The third-order valence-electron chi connectivity index (χ3n) is 7.77. The lowest BCUT2D eigenvalue weighted by atomic mass is 10.0. The lowest BCUT2D eigenvalue weighted by Crippen LogP contribution is -2.50. The molecule has 5 N–H and O–H groups in total. The van der Waals surface area contributed by atoms with Crippen LogP contribution in [0.25, 0.3) is 0 Å². The number of fused-ring (bicyclic) bond motifs is 1. The zero-order valence-electron chi connectivity index (χ0n) is 28.1. The average molecular weight is 739 g/mol. The Morgan fingerprint density at radius 1 is 0.981 bits per heavy atom. The van der Waals surface area contributed by atoms with Gasteiger partial charge in [-0.15, -0.1) is 11.3 Å². The molecule has 0 unspecified atom stereocenters. The average Bonchev–Trinajstić information content (AvgIpc) is 3.52. The molecule has 0 fully saturated rings. The van der Waals surface area contributed by atoms with Crippen molar-refractivity contribution < 1.29 is 46.9 Å². The molecule has 11 nitrogen and oxygen atoms in total. The van der Waals surface area contributed by atoms with Crippen molar-refractivity contribution in [2.75, 3.05) is 13.2 Å². The van der Waals surface area contributed by atoms with Gasteiger partial charge in [0.25, 0.3) is 5.91 Å². The van der Waals surface area contributed by atoms with Crippen LogP contribution in [0.3, 0.4) is 0 Å². The van der Waals surface area contributed by atoms with Gasteiger partial charge >= 0.3 is 18.1 Å². The lowest BCUT2D eigenvalue weighted by molar-refractivity contribution is -0.192. The zero-order valence-corrected chi connectivity index (χ0v) is 28.9. The maximum absolute atomic E-state index is 14.0. The van der Waals surface area contributed by atoms with E-state index in [4.69, 9.17) is 30.5 Å². The number of carboxylic acid groups (broad SMARTS) is 1. The highest BCUT2D eigenvalue weighted by atomic mass is 32.1. The second-order valence-electron chi connectivity index (χ2n) is 11.6. The molecule has 5 rings (SSSR count). The molecule has 2 heterocycles. The first kappa shape index (κ1) is 39.1. The number of nitrogens with one attached hydrogen (secondary N) is 2. The molecule has 0 radical (unpaired) electrons. The lowest BCUT2D eigenvalue weighted by Gasteiger charge is -2.31. The van der Waals surface area contributed by atoms with Crippen LogP contribution in [0, 0.1) is 5.41 Å². The van der Waals surface area contributed by atoms with Gasteiger partial charge in [-0.25, -0.2) is 4.79 Å². The molecule has 4 aromatic rings. The van der Waals surface area contributed by atoms with Crippen LogP contribution >= 0.6 is 11.3 Å². The Balaban J connectivity index is 0.000000785. The van der Waals surface area contributed by atoms with E-state index >= 15 is 0 Å². The molecular weight excluding hydrogens is 701 g/mol. The molecule has 1 aliphatic rings. The van der Waals surface area contributed by atoms with Crippen molar-refractivity contribution in [3.05, 3.63) is 123 Å². The van der Waals surface area contributed by atoms with Crippen LogP contribution in [0.1, 0.15) is 49.3 Å². The fraction of sp³-hybridized carbons (Fsp3) is 0.270. The van der Waals surface area contributed by atoms with Crippen molar-refractivity contribution in [3.8, 4) is 5.75 Å². The number of hydrogen-bond acceptors (Lipinski definition) is 8. The third kappa shape index (κ3) is 11.4. The van der Waals surface area contributed by atoms with Gasteiger partial charge in [-0.1, -0.05) is 54.6 Å². The highest BCUT2D eigenvalue weighted by Crippen LogP contribution is 2.29. The third-order valence-corrected chi connectivity index (χ3v) is 9.01. The smallest absolute Gasteiger partial charge is 0.489 e. The molecular formula is C37H37F3N4O7S. The quantitative estimate of drug-likeness (QED) is 0.0865. The largest absolute Gasteiger partial charge is 0.490 e. The fourth-order valence-corrected chi connectivity index (χ4v) is 6.34. The number of esters is 1. The molecule has 1 atom stereocenters. The summed E-state index contributed by atoms with van der Waals surface area (Å²) in [6.07, 6.45) is -3.91. The first-order valence-electron chi connectivity index (χ1n) is 16.1. The molecule has 52 heavy (non-hydrogen) atoms. The summed E-state index contributed by atoms with van der Waals surface area (Å²) < 4.78 is 42.8. The predicted octanol–water partition coefficient (Wildman–Crippen LogP) is 5.28. The van der Waals surface area contributed by atoms with Crippen LogP contribution in [0.4, 0.5) is 13.2 Å². The summed E-state index contributed by atoms with van der Waals surface area (Å²) in [5.41, 5.74) is 9.39. The molecule has 0 bridgehead atoms. The number of ether oxygens (including phenoxy) is 2. The summed E-state index contributed by atoms with van der Waals surface area (Å²) in [6.45, 7) is 3.48. The Hall–Kier alpha value is -5.70. The number of nitrogens with zero attached hydrogens (tertiary/aromatic N) is 1. The number of rotatable bonds is 12. The number of hydrogen-bond donors (Lipinski definition) is 4. The van der Waals surface area contributed by atoms with Gasteiger partial charge in [0.05, 0.1) is 13.0 Å². The van der Waals surface area contributed by atoms with Crippen LogP contribution in [0.5, 0.6) is 5.75 Å². The second kappa shape index (κ2) is 18.0. The maximum atomic E-state index is 14.0. The van der Waals surface area contributed by atoms with E-state index < -0.39 is 24.1 Å². The number of nitrogens with two attached hydrogens (primary N) is 1. The van der Waals surface area contributed by atoms with E-state index in [1.807, 2.05) is 60.7 Å². The normalized spacial score (nSPS) is 12.7. The summed E-state index contributed by atoms with van der Waals surface area (Å²) in [7, 11) is 0. The Morgan fingerprint density at radius 2 is 1.62 bits per heavy atom. The van der Waals surface area contributed by atoms with Gasteiger partial charge in [0.1, 0.15) is 24.2 Å². The van der Waals surface area contributed by atoms with E-state index in [2.05, 4.69) is 5.32 Å². The minimum Gasteiger partial charge on any atom is -0.489 e. The van der Waals surface area contributed by atoms with Gasteiger partial charge in [-0.3, -0.25) is 19.8 Å². The molecule has 3 aromatic carbocycles. The highest BCUT2D eigenvalue weighted by molar-refractivity contribution is 7.12. The number of thiophene rings is 1. The van der Waals surface area contributed by atoms with E-state index in [9.17, 15) is 27.6 Å². The Labute approximate surface area is 301 Å². The molecule has 15 heteroatoms. The Bertz CT molecular complexity index is 1860. The Morgan fingerprint density at radius 3 is 2.21 bits per heavy atom. The van der Waals surface area contributed by atoms with Crippen molar-refractivity contribution in [2.45, 2.75) is 51.6 Å². The van der Waals surface area contributed by atoms with E-state index in [1.165, 1.54) is 0 Å². The summed E-state index contributed by atoms with van der Waals surface area (Å²) in [6, 6.07) is 25.0. The van der Waals surface area contributed by atoms with Crippen molar-refractivity contribution in [3.63, 3.8) is 0 Å². The Kier molecular flexibility index (Phi) is 13.5. The fourth-order valence-electron chi connectivity index (χ4n) is 5.19. The standard InChI is InChI=1S/C35H36N4O5S.C2HF3O2/c1-2-43-32(40)20-29-19-27-21-39(17-16-31(27)45-29)35(42)30(38-34(41)26-12-10-25(11-13-26)33(36)37)18-23-8-14-28(15-9-23)44-22-24-6-4-3-5-7-24;3-2(4,5)1(6)7/h3-15,19,30H,2,16-18,20-22H2,1H3,(H3,36,37)(H,38,41);(H,6,7)/t30-;/m0./s1. The molecule has 0 saturated heterocycles. The number of carbonyl (C=O) groups is 4. The van der Waals surface area contributed by atoms with Crippen molar-refractivity contribution in [2.24, 2.45) is 5.73 Å². The molecule has 1 aliphatic heterocycles. The van der Waals surface area contributed by atoms with Crippen LogP contribution < -0.4 is 15.8 Å². The van der Waals surface area contributed by atoms with Gasteiger partial charge in [-0.05, 0) is 60.4 Å². The molecule has 1 aromatic heterocycles. The number of nitrogen functional groups attached to an aromatic ring is 1. The molecule has 2 amide bonds. The minimum atomic E-state index is -5.08. The topological polar surface area (TPSA) is 172 Å². The number of amidine groups is 1. The first-order chi connectivity index (χ1) is 24.7. The molecule has 274 valence electrons. The van der Waals surface area contributed by atoms with Crippen molar-refractivity contribution in [1.82, 2.24) is 10.2 Å². The maximum Gasteiger partial charge on any atom is 0.490 e. The van der Waals surface area contributed by atoms with Gasteiger partial charge in [0.15, 0.2) is 0 Å².